The molecule has 0 amide bonds. The largest absolute Gasteiger partial charge is 0.488 e. The fourth-order valence-electron chi connectivity index (χ4n) is 3.33. The van der Waals surface area contributed by atoms with E-state index >= 15 is 0 Å². The summed E-state index contributed by atoms with van der Waals surface area (Å²) in [5.41, 5.74) is 1.06. The summed E-state index contributed by atoms with van der Waals surface area (Å²) in [5.74, 6) is 1.65. The summed E-state index contributed by atoms with van der Waals surface area (Å²) in [6.45, 7) is 3.06. The van der Waals surface area contributed by atoms with Crippen molar-refractivity contribution in [3.05, 3.63) is 54.4 Å². The molecule has 0 unspecified atom stereocenters. The fourth-order valence-corrected chi connectivity index (χ4v) is 6.63. The first-order valence-electron chi connectivity index (χ1n) is 8.24. The molecule has 3 heterocycles. The minimum atomic E-state index is -3.39. The Bertz CT molecular complexity index is 848. The van der Waals surface area contributed by atoms with Crippen LogP contribution in [0.3, 0.4) is 0 Å². The van der Waals surface area contributed by atoms with Crippen LogP contribution < -0.4 is 4.74 Å². The monoisotopic (exact) mass is 376 g/mol. The number of aromatic nitrogens is 1. The van der Waals surface area contributed by atoms with Crippen LogP contribution in [0.25, 0.3) is 0 Å². The maximum atomic E-state index is 12.7. The third-order valence-corrected chi connectivity index (χ3v) is 8.08. The molecule has 132 valence electrons. The van der Waals surface area contributed by atoms with Gasteiger partial charge in [0.1, 0.15) is 11.9 Å². The van der Waals surface area contributed by atoms with Crippen molar-refractivity contribution in [1.29, 1.82) is 0 Å². The third kappa shape index (κ3) is 3.28. The average molecular weight is 377 g/mol. The number of pyridine rings is 1. The molecule has 0 bridgehead atoms. The van der Waals surface area contributed by atoms with E-state index in [1.54, 1.807) is 28.8 Å². The molecule has 2 saturated heterocycles. The van der Waals surface area contributed by atoms with E-state index in [0.717, 1.165) is 23.5 Å². The van der Waals surface area contributed by atoms with Crippen LogP contribution in [-0.2, 0) is 10.0 Å². The highest BCUT2D eigenvalue weighted by Gasteiger charge is 2.53. The van der Waals surface area contributed by atoms with Crippen LogP contribution >= 0.6 is 11.8 Å². The Labute approximate surface area is 152 Å². The average Bonchev–Trinajstić information content (AvgIpc) is 2.99. The molecule has 0 radical (unpaired) electrons. The molecule has 2 fully saturated rings. The molecule has 25 heavy (non-hydrogen) atoms. The predicted molar refractivity (Wildman–Crippen MR) is 98.4 cm³/mol. The van der Waals surface area contributed by atoms with Gasteiger partial charge in [-0.3, -0.25) is 4.98 Å². The molecule has 2 aromatic rings. The standard InChI is InChI=1S/C18H20N2O3S2/c1-14-4-6-17(7-5-14)25(21,22)20-12-18(13-20)9-16(11-24-18)23-15-3-2-8-19-10-15/h2-8,10,16H,9,11-13H2,1H3/t16-/m0/s1. The van der Waals surface area contributed by atoms with Crippen molar-refractivity contribution in [3.63, 3.8) is 0 Å². The first kappa shape index (κ1) is 16.9. The maximum absolute atomic E-state index is 12.7. The zero-order valence-corrected chi connectivity index (χ0v) is 15.6. The minimum Gasteiger partial charge on any atom is -0.488 e. The molecule has 2 aliphatic heterocycles. The predicted octanol–water partition coefficient (Wildman–Crippen LogP) is 2.72. The van der Waals surface area contributed by atoms with Gasteiger partial charge in [0.2, 0.25) is 10.0 Å². The molecule has 0 aliphatic carbocycles. The number of nitrogens with zero attached hydrogens (tertiary/aromatic N) is 2. The number of benzene rings is 1. The van der Waals surface area contributed by atoms with Gasteiger partial charge in [-0.05, 0) is 31.2 Å². The zero-order valence-electron chi connectivity index (χ0n) is 14.0. The van der Waals surface area contributed by atoms with Gasteiger partial charge in [-0.2, -0.15) is 4.31 Å². The van der Waals surface area contributed by atoms with Crippen molar-refractivity contribution in [2.24, 2.45) is 0 Å². The molecule has 1 atom stereocenters. The van der Waals surface area contributed by atoms with Crippen LogP contribution in [0.4, 0.5) is 0 Å². The van der Waals surface area contributed by atoms with E-state index < -0.39 is 10.0 Å². The maximum Gasteiger partial charge on any atom is 0.243 e. The van der Waals surface area contributed by atoms with Crippen LogP contribution in [-0.4, -0.2) is 47.4 Å². The zero-order chi connectivity index (χ0) is 17.5. The minimum absolute atomic E-state index is 0.00928. The lowest BCUT2D eigenvalue weighted by Gasteiger charge is -2.46. The number of hydrogen-bond donors (Lipinski definition) is 0. The number of rotatable bonds is 4. The summed E-state index contributed by atoms with van der Waals surface area (Å²) in [6, 6.07) is 10.8. The lowest BCUT2D eigenvalue weighted by molar-refractivity contribution is 0.159. The Hall–Kier alpha value is -1.57. The van der Waals surface area contributed by atoms with Crippen molar-refractivity contribution in [1.82, 2.24) is 9.29 Å². The van der Waals surface area contributed by atoms with Crippen LogP contribution in [0, 0.1) is 6.92 Å². The number of sulfonamides is 1. The van der Waals surface area contributed by atoms with Crippen molar-refractivity contribution in [3.8, 4) is 5.75 Å². The number of aryl methyl sites for hydroxylation is 1. The lowest BCUT2D eigenvalue weighted by Crippen LogP contribution is -2.60. The van der Waals surface area contributed by atoms with Crippen molar-refractivity contribution in [2.75, 3.05) is 18.8 Å². The molecule has 2 aliphatic rings. The van der Waals surface area contributed by atoms with E-state index in [4.69, 9.17) is 4.74 Å². The SMILES string of the molecule is Cc1ccc(S(=O)(=O)N2CC3(C[C@H](Oc4cccnc4)CS3)C2)cc1. The van der Waals surface area contributed by atoms with Crippen molar-refractivity contribution >= 4 is 21.8 Å². The van der Waals surface area contributed by atoms with Gasteiger partial charge in [0.15, 0.2) is 0 Å². The van der Waals surface area contributed by atoms with Gasteiger partial charge in [0, 0.05) is 36.2 Å². The lowest BCUT2D eigenvalue weighted by atomic mass is 9.95. The Morgan fingerprint density at radius 2 is 2.00 bits per heavy atom. The highest BCUT2D eigenvalue weighted by atomic mass is 32.2. The number of ether oxygens (including phenoxy) is 1. The quantitative estimate of drug-likeness (QED) is 0.821. The van der Waals surface area contributed by atoms with Crippen LogP contribution in [0.1, 0.15) is 12.0 Å². The Kier molecular flexibility index (Phi) is 4.25. The summed E-state index contributed by atoms with van der Waals surface area (Å²) in [7, 11) is -3.39. The second-order valence-electron chi connectivity index (χ2n) is 6.71. The Morgan fingerprint density at radius 1 is 1.24 bits per heavy atom. The first-order valence-corrected chi connectivity index (χ1v) is 10.7. The van der Waals surface area contributed by atoms with Gasteiger partial charge in [-0.1, -0.05) is 17.7 Å². The van der Waals surface area contributed by atoms with Gasteiger partial charge in [0.25, 0.3) is 0 Å². The van der Waals surface area contributed by atoms with E-state index in [-0.39, 0.29) is 10.9 Å². The summed E-state index contributed by atoms with van der Waals surface area (Å²) < 4.78 is 33.0. The topological polar surface area (TPSA) is 59.5 Å². The van der Waals surface area contributed by atoms with E-state index in [9.17, 15) is 8.42 Å². The summed E-state index contributed by atoms with van der Waals surface area (Å²) in [5, 5.41) is 0. The number of hydrogen-bond acceptors (Lipinski definition) is 5. The molecule has 7 heteroatoms. The van der Waals surface area contributed by atoms with E-state index in [0.29, 0.717) is 18.0 Å². The highest BCUT2D eigenvalue weighted by molar-refractivity contribution is 8.01. The van der Waals surface area contributed by atoms with E-state index in [1.165, 1.54) is 0 Å². The second kappa shape index (κ2) is 6.30. The molecule has 5 nitrogen and oxygen atoms in total. The molecule has 0 N–H and O–H groups in total. The fraction of sp³-hybridized carbons (Fsp3) is 0.389. The van der Waals surface area contributed by atoms with Crippen LogP contribution in [0.5, 0.6) is 5.75 Å². The molecule has 4 rings (SSSR count). The molecule has 1 aromatic heterocycles. The van der Waals surface area contributed by atoms with E-state index in [2.05, 4.69) is 4.98 Å². The second-order valence-corrected chi connectivity index (χ2v) is 10.1. The molecule has 0 saturated carbocycles. The van der Waals surface area contributed by atoms with Crippen LogP contribution in [0.15, 0.2) is 53.7 Å². The molecule has 1 aromatic carbocycles. The van der Waals surface area contributed by atoms with Gasteiger partial charge >= 0.3 is 0 Å². The smallest absolute Gasteiger partial charge is 0.243 e. The van der Waals surface area contributed by atoms with Gasteiger partial charge in [-0.15, -0.1) is 11.8 Å². The van der Waals surface area contributed by atoms with Crippen molar-refractivity contribution in [2.45, 2.75) is 29.1 Å². The van der Waals surface area contributed by atoms with Crippen molar-refractivity contribution < 1.29 is 13.2 Å². The summed E-state index contributed by atoms with van der Waals surface area (Å²) >= 11 is 1.82. The number of thioether (sulfide) groups is 1. The first-order chi connectivity index (χ1) is 12.0. The summed E-state index contributed by atoms with van der Waals surface area (Å²) in [4.78, 5) is 4.44. The normalized spacial score (nSPS) is 22.7. The third-order valence-electron chi connectivity index (χ3n) is 4.70. The van der Waals surface area contributed by atoms with Gasteiger partial charge in [0.05, 0.1) is 11.1 Å². The summed E-state index contributed by atoms with van der Waals surface area (Å²) in [6.07, 6.45) is 4.41. The molecule has 1 spiro atoms. The van der Waals surface area contributed by atoms with Crippen LogP contribution in [0.2, 0.25) is 0 Å². The highest BCUT2D eigenvalue weighted by Crippen LogP contribution is 2.47. The van der Waals surface area contributed by atoms with Gasteiger partial charge < -0.3 is 4.74 Å². The van der Waals surface area contributed by atoms with E-state index in [1.807, 2.05) is 43.0 Å². The Balaban J connectivity index is 1.39. The molecular formula is C18H20N2O3S2. The van der Waals surface area contributed by atoms with Gasteiger partial charge in [-0.25, -0.2) is 8.42 Å². The Morgan fingerprint density at radius 3 is 2.68 bits per heavy atom. The molecular weight excluding hydrogens is 356 g/mol.